The second kappa shape index (κ2) is 8.60. The van der Waals surface area contributed by atoms with Gasteiger partial charge in [0.1, 0.15) is 11.9 Å². The second-order valence-corrected chi connectivity index (χ2v) is 6.00. The normalized spacial score (nSPS) is 12.5. The van der Waals surface area contributed by atoms with Gasteiger partial charge in [0.25, 0.3) is 0 Å². The largest absolute Gasteiger partial charge is 0.489 e. The van der Waals surface area contributed by atoms with Crippen molar-refractivity contribution in [3.63, 3.8) is 0 Å². The summed E-state index contributed by atoms with van der Waals surface area (Å²) >= 11 is 3.58. The molecule has 0 radical (unpaired) electrons. The summed E-state index contributed by atoms with van der Waals surface area (Å²) in [5.41, 5.74) is 2.44. The molecule has 1 N–H and O–H groups in total. The van der Waals surface area contributed by atoms with Gasteiger partial charge in [-0.25, -0.2) is 0 Å². The molecule has 0 aliphatic carbocycles. The van der Waals surface area contributed by atoms with Crippen LogP contribution in [-0.2, 0) is 0 Å². The van der Waals surface area contributed by atoms with Crippen LogP contribution < -0.4 is 10.1 Å². The first-order chi connectivity index (χ1) is 9.04. The van der Waals surface area contributed by atoms with Crippen LogP contribution in [0.25, 0.3) is 0 Å². The molecule has 0 bridgehead atoms. The Kier molecular flexibility index (Phi) is 7.47. The Labute approximate surface area is 126 Å². The van der Waals surface area contributed by atoms with E-state index in [1.165, 1.54) is 34.9 Å². The Balaban J connectivity index is 2.38. The molecule has 1 unspecified atom stereocenters. The highest BCUT2D eigenvalue weighted by Crippen LogP contribution is 2.26. The Morgan fingerprint density at radius 2 is 1.84 bits per heavy atom. The van der Waals surface area contributed by atoms with E-state index in [1.807, 2.05) is 0 Å². The van der Waals surface area contributed by atoms with Gasteiger partial charge in [0.15, 0.2) is 0 Å². The van der Waals surface area contributed by atoms with Crippen molar-refractivity contribution in [1.29, 1.82) is 0 Å². The molecule has 108 valence electrons. The van der Waals surface area contributed by atoms with Gasteiger partial charge in [-0.3, -0.25) is 0 Å². The van der Waals surface area contributed by atoms with E-state index in [4.69, 9.17) is 4.74 Å². The predicted octanol–water partition coefficient (Wildman–Crippen LogP) is 4.61. The minimum Gasteiger partial charge on any atom is -0.489 e. The lowest BCUT2D eigenvalue weighted by Crippen LogP contribution is -2.29. The number of benzene rings is 1. The average Bonchev–Trinajstić information content (AvgIpc) is 2.35. The third-order valence-corrected chi connectivity index (χ3v) is 4.39. The third-order valence-electron chi connectivity index (χ3n) is 3.14. The number of ether oxygens (including phenoxy) is 1. The lowest BCUT2D eigenvalue weighted by atomic mass is 10.1. The molecular formula is C16H26BrNO. The molecule has 1 aromatic rings. The minimum absolute atomic E-state index is 0.196. The van der Waals surface area contributed by atoms with Gasteiger partial charge in [0.2, 0.25) is 0 Å². The fraction of sp³-hybridized carbons (Fsp3) is 0.625. The van der Waals surface area contributed by atoms with Crippen LogP contribution in [0.1, 0.15) is 44.2 Å². The summed E-state index contributed by atoms with van der Waals surface area (Å²) in [6.07, 6.45) is 4.01. The zero-order chi connectivity index (χ0) is 14.3. The number of hydrogen-bond acceptors (Lipinski definition) is 2. The Hall–Kier alpha value is -0.540. The standard InChI is InChI=1S/C16H26BrNO/c1-5-6-7-8-18-11-14(4)19-15-9-12(2)16(17)13(3)10-15/h9-10,14,18H,5-8,11H2,1-4H3. The van der Waals surface area contributed by atoms with Gasteiger partial charge in [0.05, 0.1) is 0 Å². The average molecular weight is 328 g/mol. The van der Waals surface area contributed by atoms with Crippen molar-refractivity contribution in [3.8, 4) is 5.75 Å². The maximum Gasteiger partial charge on any atom is 0.120 e. The monoisotopic (exact) mass is 327 g/mol. The number of aryl methyl sites for hydroxylation is 2. The van der Waals surface area contributed by atoms with E-state index in [-0.39, 0.29) is 6.10 Å². The highest BCUT2D eigenvalue weighted by molar-refractivity contribution is 9.10. The van der Waals surface area contributed by atoms with Gasteiger partial charge >= 0.3 is 0 Å². The van der Waals surface area contributed by atoms with Gasteiger partial charge in [0, 0.05) is 11.0 Å². The molecule has 0 saturated heterocycles. The summed E-state index contributed by atoms with van der Waals surface area (Å²) < 4.78 is 7.13. The number of halogens is 1. The Bertz CT molecular complexity index is 369. The van der Waals surface area contributed by atoms with Crippen LogP contribution >= 0.6 is 15.9 Å². The van der Waals surface area contributed by atoms with E-state index < -0.39 is 0 Å². The quantitative estimate of drug-likeness (QED) is 0.704. The zero-order valence-corrected chi connectivity index (χ0v) is 14.1. The van der Waals surface area contributed by atoms with Crippen molar-refractivity contribution in [2.24, 2.45) is 0 Å². The smallest absolute Gasteiger partial charge is 0.120 e. The second-order valence-electron chi connectivity index (χ2n) is 5.21. The molecule has 0 aliphatic heterocycles. The van der Waals surface area contributed by atoms with Gasteiger partial charge in [-0.1, -0.05) is 35.7 Å². The molecule has 0 spiro atoms. The van der Waals surface area contributed by atoms with Crippen molar-refractivity contribution in [2.75, 3.05) is 13.1 Å². The Morgan fingerprint density at radius 1 is 1.21 bits per heavy atom. The predicted molar refractivity (Wildman–Crippen MR) is 86.1 cm³/mol. The van der Waals surface area contributed by atoms with Crippen LogP contribution in [0.3, 0.4) is 0 Å². The fourth-order valence-electron chi connectivity index (χ4n) is 2.05. The molecule has 0 fully saturated rings. The molecule has 1 atom stereocenters. The van der Waals surface area contributed by atoms with Crippen molar-refractivity contribution in [2.45, 2.75) is 53.1 Å². The van der Waals surface area contributed by atoms with Gasteiger partial charge < -0.3 is 10.1 Å². The van der Waals surface area contributed by atoms with Crippen LogP contribution in [0, 0.1) is 13.8 Å². The molecule has 0 amide bonds. The minimum atomic E-state index is 0.196. The topological polar surface area (TPSA) is 21.3 Å². The molecule has 1 aromatic carbocycles. The molecular weight excluding hydrogens is 302 g/mol. The summed E-state index contributed by atoms with van der Waals surface area (Å²) in [6, 6.07) is 4.18. The molecule has 1 rings (SSSR count). The van der Waals surface area contributed by atoms with Gasteiger partial charge in [-0.05, 0) is 57.0 Å². The first kappa shape index (κ1) is 16.5. The van der Waals surface area contributed by atoms with E-state index >= 15 is 0 Å². The summed E-state index contributed by atoms with van der Waals surface area (Å²) in [5.74, 6) is 0.959. The highest BCUT2D eigenvalue weighted by Gasteiger charge is 2.07. The summed E-state index contributed by atoms with van der Waals surface area (Å²) in [4.78, 5) is 0. The first-order valence-electron chi connectivity index (χ1n) is 7.18. The molecule has 0 saturated carbocycles. The molecule has 3 heteroatoms. The number of nitrogens with one attached hydrogen (secondary N) is 1. The van der Waals surface area contributed by atoms with Gasteiger partial charge in [-0.15, -0.1) is 0 Å². The van der Waals surface area contributed by atoms with Crippen molar-refractivity contribution < 1.29 is 4.74 Å². The number of rotatable bonds is 8. The van der Waals surface area contributed by atoms with Crippen LogP contribution in [0.15, 0.2) is 16.6 Å². The number of unbranched alkanes of at least 4 members (excludes halogenated alkanes) is 2. The zero-order valence-electron chi connectivity index (χ0n) is 12.6. The fourth-order valence-corrected chi connectivity index (χ4v) is 2.28. The van der Waals surface area contributed by atoms with Crippen LogP contribution in [-0.4, -0.2) is 19.2 Å². The van der Waals surface area contributed by atoms with Gasteiger partial charge in [-0.2, -0.15) is 0 Å². The summed E-state index contributed by atoms with van der Waals surface area (Å²) in [5, 5.41) is 3.45. The van der Waals surface area contributed by atoms with E-state index in [9.17, 15) is 0 Å². The molecule has 0 aliphatic rings. The van der Waals surface area contributed by atoms with E-state index in [0.29, 0.717) is 0 Å². The molecule has 19 heavy (non-hydrogen) atoms. The first-order valence-corrected chi connectivity index (χ1v) is 7.98. The third kappa shape index (κ3) is 5.96. The van der Waals surface area contributed by atoms with Crippen molar-refractivity contribution in [3.05, 3.63) is 27.7 Å². The summed E-state index contributed by atoms with van der Waals surface area (Å²) in [6.45, 7) is 10.5. The SMILES string of the molecule is CCCCCNCC(C)Oc1cc(C)c(Br)c(C)c1. The molecule has 0 aromatic heterocycles. The van der Waals surface area contributed by atoms with E-state index in [0.717, 1.165) is 18.8 Å². The number of hydrogen-bond donors (Lipinski definition) is 1. The van der Waals surface area contributed by atoms with E-state index in [2.05, 4.69) is 61.1 Å². The summed E-state index contributed by atoms with van der Waals surface area (Å²) in [7, 11) is 0. The van der Waals surface area contributed by atoms with Crippen molar-refractivity contribution >= 4 is 15.9 Å². The van der Waals surface area contributed by atoms with Crippen LogP contribution in [0.4, 0.5) is 0 Å². The Morgan fingerprint density at radius 3 is 2.42 bits per heavy atom. The van der Waals surface area contributed by atoms with E-state index in [1.54, 1.807) is 0 Å². The molecule has 2 nitrogen and oxygen atoms in total. The molecule has 0 heterocycles. The highest BCUT2D eigenvalue weighted by atomic mass is 79.9. The van der Waals surface area contributed by atoms with Crippen LogP contribution in [0.2, 0.25) is 0 Å². The van der Waals surface area contributed by atoms with Crippen LogP contribution in [0.5, 0.6) is 5.75 Å². The lowest BCUT2D eigenvalue weighted by molar-refractivity contribution is 0.217. The maximum atomic E-state index is 5.95. The lowest BCUT2D eigenvalue weighted by Gasteiger charge is -2.17. The maximum absolute atomic E-state index is 5.95. The van der Waals surface area contributed by atoms with Crippen molar-refractivity contribution in [1.82, 2.24) is 5.32 Å².